The van der Waals surface area contributed by atoms with Crippen LogP contribution in [0.1, 0.15) is 0 Å². The van der Waals surface area contributed by atoms with Gasteiger partial charge in [-0.15, -0.1) is 45.3 Å². The summed E-state index contributed by atoms with van der Waals surface area (Å²) in [6.07, 6.45) is 0. The molecule has 0 aliphatic carbocycles. The number of rotatable bonds is 3. The van der Waals surface area contributed by atoms with Crippen LogP contribution in [0.5, 0.6) is 0 Å². The Balaban J connectivity index is 0.000000109. The summed E-state index contributed by atoms with van der Waals surface area (Å²) < 4.78 is 12.3. The minimum Gasteiger partial charge on any atom is -0.353 e. The third-order valence-corrected chi connectivity index (χ3v) is 23.7. The van der Waals surface area contributed by atoms with Crippen molar-refractivity contribution in [1.29, 1.82) is 0 Å². The van der Waals surface area contributed by atoms with Crippen LogP contribution in [0.2, 0.25) is 5.28 Å². The lowest BCUT2D eigenvalue weighted by Gasteiger charge is -2.12. The lowest BCUT2D eigenvalue weighted by Crippen LogP contribution is -2.03. The van der Waals surface area contributed by atoms with Crippen LogP contribution in [0.25, 0.3) is 196 Å². The highest BCUT2D eigenvalue weighted by Crippen LogP contribution is 2.51. The first-order valence-electron chi connectivity index (χ1n) is 31.5. The zero-order chi connectivity index (χ0) is 62.4. The van der Waals surface area contributed by atoms with Crippen LogP contribution in [-0.2, 0) is 0 Å². The second-order valence-electron chi connectivity index (χ2n) is 24.0. The Kier molecular flexibility index (Phi) is 12.4. The maximum absolute atomic E-state index is 6.11. The first-order chi connectivity index (χ1) is 47.1. The fraction of sp³-hybridized carbons (Fsp3) is 0. The number of hydrogen-bond donors (Lipinski definition) is 1. The van der Waals surface area contributed by atoms with Crippen LogP contribution in [-0.4, -0.2) is 29.5 Å². The second kappa shape index (κ2) is 21.6. The Morgan fingerprint density at radius 3 is 1.27 bits per heavy atom. The topological polar surface area (TPSA) is 72.3 Å². The minimum atomic E-state index is 0.292. The van der Waals surface area contributed by atoms with E-state index in [0.29, 0.717) is 11.2 Å². The number of fused-ring (bicyclic) bond motifs is 30. The highest BCUT2D eigenvalue weighted by atomic mass is 35.5. The Hall–Kier alpha value is -11.0. The molecule has 0 spiro atoms. The predicted molar refractivity (Wildman–Crippen MR) is 412 cm³/mol. The van der Waals surface area contributed by atoms with Crippen LogP contribution in [0.3, 0.4) is 0 Å². The van der Waals surface area contributed by atoms with E-state index < -0.39 is 0 Å². The van der Waals surface area contributed by atoms with Crippen molar-refractivity contribution in [1.82, 2.24) is 29.5 Å². The zero-order valence-electron chi connectivity index (χ0n) is 50.3. The van der Waals surface area contributed by atoms with Gasteiger partial charge in [-0.2, -0.15) is 0 Å². The van der Waals surface area contributed by atoms with Gasteiger partial charge in [-0.3, -0.25) is 4.57 Å². The van der Waals surface area contributed by atoms with Crippen molar-refractivity contribution in [2.45, 2.75) is 0 Å². The Labute approximate surface area is 562 Å². The maximum atomic E-state index is 6.11. The molecule has 0 amide bonds. The molecule has 0 aliphatic heterocycles. The summed E-state index contributed by atoms with van der Waals surface area (Å²) in [5.74, 6) is 0.699. The van der Waals surface area contributed by atoms with E-state index in [1.165, 1.54) is 131 Å². The number of aromatic amines is 1. The molecule has 6 nitrogen and oxygen atoms in total. The molecular formula is C84H47ClN6S4. The van der Waals surface area contributed by atoms with Gasteiger partial charge in [-0.25, -0.2) is 19.9 Å². The first-order valence-corrected chi connectivity index (χ1v) is 35.2. The lowest BCUT2D eigenvalue weighted by atomic mass is 9.98. The number of nitrogens with zero attached hydrogens (tertiary/aromatic N) is 5. The average Bonchev–Trinajstić information content (AvgIpc) is 1.54. The van der Waals surface area contributed by atoms with E-state index in [1.54, 1.807) is 22.7 Å². The molecule has 14 aromatic carbocycles. The van der Waals surface area contributed by atoms with Gasteiger partial charge in [0.05, 0.1) is 63.3 Å². The molecule has 0 fully saturated rings. The van der Waals surface area contributed by atoms with E-state index in [1.807, 2.05) is 65.1 Å². The number of benzene rings is 14. The van der Waals surface area contributed by atoms with Crippen LogP contribution >= 0.6 is 56.9 Å². The summed E-state index contributed by atoms with van der Waals surface area (Å²) in [4.78, 5) is 23.7. The van der Waals surface area contributed by atoms with Gasteiger partial charge >= 0.3 is 0 Å². The van der Waals surface area contributed by atoms with Gasteiger partial charge in [-0.1, -0.05) is 255 Å². The molecule has 8 heterocycles. The molecular weight excluding hydrogens is 1260 g/mol. The third-order valence-electron chi connectivity index (χ3n) is 18.8. The highest BCUT2D eigenvalue weighted by molar-refractivity contribution is 7.28. The van der Waals surface area contributed by atoms with Gasteiger partial charge in [0, 0.05) is 94.6 Å². The van der Waals surface area contributed by atoms with Crippen molar-refractivity contribution in [2.24, 2.45) is 0 Å². The largest absolute Gasteiger partial charge is 0.353 e. The Morgan fingerprint density at radius 1 is 0.274 bits per heavy atom. The molecule has 22 rings (SSSR count). The predicted octanol–water partition coefficient (Wildman–Crippen LogP) is 25.4. The van der Waals surface area contributed by atoms with Crippen molar-refractivity contribution >= 4 is 225 Å². The molecule has 0 bridgehead atoms. The molecule has 0 radical (unpaired) electrons. The maximum Gasteiger partial charge on any atom is 0.235 e. The van der Waals surface area contributed by atoms with Crippen molar-refractivity contribution in [2.75, 3.05) is 0 Å². The molecule has 0 aliphatic rings. The van der Waals surface area contributed by atoms with Crippen LogP contribution in [0.15, 0.2) is 279 Å². The van der Waals surface area contributed by atoms with Gasteiger partial charge in [0.1, 0.15) is 0 Å². The lowest BCUT2D eigenvalue weighted by molar-refractivity contribution is 1.02. The smallest absolute Gasteiger partial charge is 0.235 e. The number of halogens is 1. The monoisotopic (exact) mass is 1300 g/mol. The van der Waals surface area contributed by atoms with Gasteiger partial charge in [0.15, 0.2) is 0 Å². The normalized spacial score (nSPS) is 12.1. The molecule has 444 valence electrons. The molecule has 8 aromatic heterocycles. The summed E-state index contributed by atoms with van der Waals surface area (Å²) >= 11 is 13.4. The number of aromatic nitrogens is 6. The van der Waals surface area contributed by atoms with Gasteiger partial charge in [0.25, 0.3) is 0 Å². The minimum absolute atomic E-state index is 0.292. The van der Waals surface area contributed by atoms with Crippen molar-refractivity contribution in [3.05, 3.63) is 284 Å². The quantitative estimate of drug-likeness (QED) is 0.179. The van der Waals surface area contributed by atoms with Gasteiger partial charge < -0.3 is 4.98 Å². The number of thiophene rings is 4. The Morgan fingerprint density at radius 2 is 0.684 bits per heavy atom. The third kappa shape index (κ3) is 8.39. The molecule has 95 heavy (non-hydrogen) atoms. The Bertz CT molecular complexity index is 6940. The fourth-order valence-corrected chi connectivity index (χ4v) is 19.7. The SMILES string of the molecule is Clc1nc(-c2ccccc2)c2sc3ccccc3c2n1.c1ccc(-c2nc(-n3c4c5ccccc5ccc4c4c5ccccc5c5c6ccccc6sc5c43)nc3c2sc2ccccc23)cc1.c1ccc2c(c1)ccc1c2[nH]c2c3sc4ccccc4c3c3ccccc3c12. The van der Waals surface area contributed by atoms with E-state index >= 15 is 0 Å². The van der Waals surface area contributed by atoms with Crippen LogP contribution in [0, 0.1) is 0 Å². The highest BCUT2D eigenvalue weighted by Gasteiger charge is 2.27. The molecule has 0 saturated heterocycles. The average molecular weight is 1300 g/mol. The van der Waals surface area contributed by atoms with E-state index in [0.717, 1.165) is 59.2 Å². The molecule has 1 N–H and O–H groups in total. The number of H-pyrrole nitrogens is 1. The summed E-state index contributed by atoms with van der Waals surface area (Å²) in [6, 6.07) is 99.3. The summed E-state index contributed by atoms with van der Waals surface area (Å²) in [5.41, 5.74) is 10.8. The van der Waals surface area contributed by atoms with Crippen molar-refractivity contribution in [3.8, 4) is 28.5 Å². The molecule has 22 aromatic rings. The summed E-state index contributed by atoms with van der Waals surface area (Å²) in [5, 5.41) is 23.2. The summed E-state index contributed by atoms with van der Waals surface area (Å²) in [6.45, 7) is 0. The fourth-order valence-electron chi connectivity index (χ4n) is 14.8. The van der Waals surface area contributed by atoms with Crippen molar-refractivity contribution < 1.29 is 0 Å². The van der Waals surface area contributed by atoms with Gasteiger partial charge in [0.2, 0.25) is 11.2 Å². The summed E-state index contributed by atoms with van der Waals surface area (Å²) in [7, 11) is 0. The number of hydrogen-bond acceptors (Lipinski definition) is 8. The zero-order valence-corrected chi connectivity index (χ0v) is 54.3. The molecule has 0 atom stereocenters. The van der Waals surface area contributed by atoms with E-state index in [2.05, 4.69) is 256 Å². The van der Waals surface area contributed by atoms with Gasteiger partial charge in [-0.05, 0) is 68.2 Å². The van der Waals surface area contributed by atoms with E-state index in [4.69, 9.17) is 21.6 Å². The number of nitrogens with one attached hydrogen (secondary N) is 1. The standard InChI is InChI=1S/C42H23N3S2.C26H15NS.C16H9ClN2S/c1-2-13-25(14-3-1)36-41-37(30-19-9-11-21-33(30)47-41)44-42(43-36)45-38-26-15-5-4-12-24(26)22-23-31(38)34-27-16-6-7-17-28(27)35-29-18-8-10-20-32(29)46-40(35)39(34)45;1-2-8-16-15(7-1)13-14-20-22-17-9-3-4-10-18(17)23-19-11-5-6-12-21(19)28-26(23)25(22)27-24(16)20;17-16-18-13(10-6-2-1-3-7-10)15-14(19-16)11-8-4-5-9-12(11)20-15/h1-23H;1-14,27H;1-9H. The first kappa shape index (κ1) is 54.6. The van der Waals surface area contributed by atoms with E-state index in [9.17, 15) is 0 Å². The van der Waals surface area contributed by atoms with Crippen LogP contribution in [0.4, 0.5) is 0 Å². The molecule has 11 heteroatoms. The second-order valence-corrected chi connectivity index (χ2v) is 28.6. The van der Waals surface area contributed by atoms with Crippen molar-refractivity contribution in [3.63, 3.8) is 0 Å². The molecule has 0 saturated carbocycles. The van der Waals surface area contributed by atoms with Crippen LogP contribution < -0.4 is 0 Å². The molecule has 0 unspecified atom stereocenters. The van der Waals surface area contributed by atoms with E-state index in [-0.39, 0.29) is 0 Å².